The Kier molecular flexibility index (Phi) is 5.00. The van der Waals surface area contributed by atoms with Crippen LogP contribution in [0.25, 0.3) is 0 Å². The molecule has 124 valence electrons. The molecular weight excluding hydrogens is 292 g/mol. The second kappa shape index (κ2) is 6.62. The summed E-state index contributed by atoms with van der Waals surface area (Å²) in [5.74, 6) is -0.113. The quantitative estimate of drug-likeness (QED) is 0.790. The van der Waals surface area contributed by atoms with Gasteiger partial charge in [-0.25, -0.2) is 0 Å². The molecule has 1 aliphatic rings. The van der Waals surface area contributed by atoms with Crippen molar-refractivity contribution in [2.75, 3.05) is 0 Å². The van der Waals surface area contributed by atoms with Gasteiger partial charge in [0.25, 0.3) is 0 Å². The number of H-pyrrole nitrogens is 1. The number of aromatic nitrogens is 2. The Hall–Kier alpha value is -2.01. The number of ketones is 2. The summed E-state index contributed by atoms with van der Waals surface area (Å²) in [4.78, 5) is 25.2. The van der Waals surface area contributed by atoms with Crippen molar-refractivity contribution < 1.29 is 14.7 Å². The Morgan fingerprint density at radius 3 is 2.09 bits per heavy atom. The third-order valence-corrected chi connectivity index (χ3v) is 4.35. The normalized spacial score (nSPS) is 16.6. The molecule has 1 heterocycles. The van der Waals surface area contributed by atoms with Gasteiger partial charge in [0.2, 0.25) is 0 Å². The van der Waals surface area contributed by atoms with E-state index in [1.54, 1.807) is 33.9 Å². The summed E-state index contributed by atoms with van der Waals surface area (Å²) in [5.41, 5.74) is 2.25. The lowest BCUT2D eigenvalue weighted by Gasteiger charge is -2.23. The maximum Gasteiger partial charge on any atom is 0.185 e. The maximum atomic E-state index is 12.6. The number of nitrogens with one attached hydrogen (secondary N) is 1. The van der Waals surface area contributed by atoms with Gasteiger partial charge in [0.15, 0.2) is 11.6 Å². The van der Waals surface area contributed by atoms with Crippen molar-refractivity contribution in [2.24, 2.45) is 0 Å². The predicted molar refractivity (Wildman–Crippen MR) is 87.9 cm³/mol. The van der Waals surface area contributed by atoms with Crippen LogP contribution in [0.15, 0.2) is 34.6 Å². The highest BCUT2D eigenvalue weighted by atomic mass is 16.3. The first-order valence-corrected chi connectivity index (χ1v) is 7.90. The second-order valence-corrected chi connectivity index (χ2v) is 6.76. The zero-order chi connectivity index (χ0) is 17.2. The van der Waals surface area contributed by atoms with E-state index in [1.807, 2.05) is 6.07 Å². The summed E-state index contributed by atoms with van der Waals surface area (Å²) in [6.45, 7) is 6.83. The molecule has 2 N–H and O–H groups in total. The summed E-state index contributed by atoms with van der Waals surface area (Å²) in [6, 6.07) is 1.86. The van der Waals surface area contributed by atoms with Gasteiger partial charge in [-0.1, -0.05) is 0 Å². The molecule has 0 aromatic carbocycles. The number of carbonyl (C=O) groups excluding carboxylic acids is 2. The van der Waals surface area contributed by atoms with Crippen molar-refractivity contribution in [3.63, 3.8) is 0 Å². The maximum absolute atomic E-state index is 12.6. The van der Waals surface area contributed by atoms with Crippen molar-refractivity contribution in [1.82, 2.24) is 10.2 Å². The molecule has 5 heteroatoms. The Balaban J connectivity index is 2.28. The number of carbonyl (C=O) groups is 2. The Bertz CT molecular complexity index is 674. The van der Waals surface area contributed by atoms with Crippen molar-refractivity contribution in [1.29, 1.82) is 0 Å². The van der Waals surface area contributed by atoms with Gasteiger partial charge in [0, 0.05) is 34.2 Å². The molecule has 0 aliphatic heterocycles. The van der Waals surface area contributed by atoms with Crippen molar-refractivity contribution in [3.05, 3.63) is 40.2 Å². The molecule has 0 saturated carbocycles. The van der Waals surface area contributed by atoms with Gasteiger partial charge in [-0.2, -0.15) is 5.10 Å². The number of Topliss-reactive ketones (excluding diaryl/α,β-unsaturated/α-hetero) is 2. The number of aromatic amines is 1. The van der Waals surface area contributed by atoms with Gasteiger partial charge in [-0.3, -0.25) is 14.7 Å². The van der Waals surface area contributed by atoms with E-state index >= 15 is 0 Å². The largest absolute Gasteiger partial charge is 0.390 e. The fraction of sp³-hybridized carbons (Fsp3) is 0.500. The van der Waals surface area contributed by atoms with Crippen LogP contribution in [0.3, 0.4) is 0 Å². The summed E-state index contributed by atoms with van der Waals surface area (Å²) in [5, 5.41) is 16.7. The molecular formula is C18H24N2O3. The summed E-state index contributed by atoms with van der Waals surface area (Å²) < 4.78 is 0. The molecule has 0 amide bonds. The molecule has 2 rings (SSSR count). The van der Waals surface area contributed by atoms with E-state index in [0.29, 0.717) is 48.0 Å². The molecule has 1 aliphatic carbocycles. The number of rotatable bonds is 6. The topological polar surface area (TPSA) is 83.0 Å². The van der Waals surface area contributed by atoms with Crippen LogP contribution in [0, 0.1) is 0 Å². The van der Waals surface area contributed by atoms with Crippen LogP contribution in [0.2, 0.25) is 0 Å². The summed E-state index contributed by atoms with van der Waals surface area (Å²) in [6.07, 6.45) is 3.66. The number of aliphatic hydroxyl groups is 1. The Morgan fingerprint density at radius 2 is 1.61 bits per heavy atom. The number of hydrogen-bond donors (Lipinski definition) is 2. The minimum atomic E-state index is -0.866. The zero-order valence-electron chi connectivity index (χ0n) is 14.2. The average Bonchev–Trinajstić information content (AvgIpc) is 2.98. The van der Waals surface area contributed by atoms with E-state index in [1.165, 1.54) is 0 Å². The van der Waals surface area contributed by atoms with Gasteiger partial charge < -0.3 is 5.11 Å². The molecule has 23 heavy (non-hydrogen) atoms. The number of allylic oxidation sites excluding steroid dienone is 4. The first-order valence-electron chi connectivity index (χ1n) is 7.90. The molecule has 0 unspecified atom stereocenters. The van der Waals surface area contributed by atoms with Crippen LogP contribution in [0.5, 0.6) is 0 Å². The van der Waals surface area contributed by atoms with E-state index in [9.17, 15) is 14.7 Å². The first-order chi connectivity index (χ1) is 10.7. The molecule has 5 nitrogen and oxygen atoms in total. The van der Waals surface area contributed by atoms with Gasteiger partial charge in [0.05, 0.1) is 5.60 Å². The zero-order valence-corrected chi connectivity index (χ0v) is 14.2. The minimum Gasteiger partial charge on any atom is -0.390 e. The van der Waals surface area contributed by atoms with Crippen LogP contribution >= 0.6 is 0 Å². The van der Waals surface area contributed by atoms with E-state index in [4.69, 9.17) is 0 Å². The van der Waals surface area contributed by atoms with Crippen molar-refractivity contribution >= 4 is 11.6 Å². The van der Waals surface area contributed by atoms with Gasteiger partial charge in [-0.15, -0.1) is 0 Å². The molecule has 1 aromatic heterocycles. The Labute approximate surface area is 136 Å². The third kappa shape index (κ3) is 4.05. The van der Waals surface area contributed by atoms with E-state index in [-0.39, 0.29) is 11.6 Å². The molecule has 0 saturated heterocycles. The molecule has 0 atom stereocenters. The lowest BCUT2D eigenvalue weighted by atomic mass is 9.80. The van der Waals surface area contributed by atoms with Crippen LogP contribution in [-0.4, -0.2) is 32.5 Å². The van der Waals surface area contributed by atoms with E-state index in [2.05, 4.69) is 10.2 Å². The number of nitrogens with zero attached hydrogens (tertiary/aromatic N) is 1. The van der Waals surface area contributed by atoms with Crippen LogP contribution in [0.1, 0.15) is 52.7 Å². The SMILES string of the molecule is CC1=C(C)C(=O)C(CCC(C)(C)O)=C(CCc2ccn[nH]2)C1=O. The first kappa shape index (κ1) is 17.3. The van der Waals surface area contributed by atoms with Crippen molar-refractivity contribution in [2.45, 2.75) is 59.0 Å². The highest BCUT2D eigenvalue weighted by molar-refractivity contribution is 6.24. The molecule has 0 spiro atoms. The van der Waals surface area contributed by atoms with E-state index in [0.717, 1.165) is 5.69 Å². The molecule has 0 fully saturated rings. The fourth-order valence-electron chi connectivity index (χ4n) is 2.71. The monoisotopic (exact) mass is 316 g/mol. The minimum absolute atomic E-state index is 0.0487. The lowest BCUT2D eigenvalue weighted by Crippen LogP contribution is -2.25. The second-order valence-electron chi connectivity index (χ2n) is 6.76. The highest BCUT2D eigenvalue weighted by Crippen LogP contribution is 2.31. The van der Waals surface area contributed by atoms with Crippen LogP contribution in [0.4, 0.5) is 0 Å². The smallest absolute Gasteiger partial charge is 0.185 e. The molecule has 0 bridgehead atoms. The summed E-state index contributed by atoms with van der Waals surface area (Å²) >= 11 is 0. The summed E-state index contributed by atoms with van der Waals surface area (Å²) in [7, 11) is 0. The average molecular weight is 316 g/mol. The highest BCUT2D eigenvalue weighted by Gasteiger charge is 2.30. The van der Waals surface area contributed by atoms with Gasteiger partial charge >= 0.3 is 0 Å². The van der Waals surface area contributed by atoms with Gasteiger partial charge in [0.1, 0.15) is 0 Å². The fourth-order valence-corrected chi connectivity index (χ4v) is 2.71. The predicted octanol–water partition coefficient (Wildman–Crippen LogP) is 2.68. The molecule has 1 aromatic rings. The number of aryl methyl sites for hydroxylation is 1. The van der Waals surface area contributed by atoms with Crippen molar-refractivity contribution in [3.8, 4) is 0 Å². The van der Waals surface area contributed by atoms with E-state index < -0.39 is 5.60 Å². The Morgan fingerprint density at radius 1 is 1.04 bits per heavy atom. The molecule has 0 radical (unpaired) electrons. The van der Waals surface area contributed by atoms with Gasteiger partial charge in [-0.05, 0) is 59.4 Å². The van der Waals surface area contributed by atoms with Crippen LogP contribution < -0.4 is 0 Å². The van der Waals surface area contributed by atoms with Crippen LogP contribution in [-0.2, 0) is 16.0 Å². The standard InChI is InChI=1S/C18H24N2O3/c1-11-12(2)17(22)15(7-9-18(3,4)23)14(16(11)21)6-5-13-8-10-19-20-13/h8,10,23H,5-7,9H2,1-4H3,(H,19,20). The number of hydrogen-bond acceptors (Lipinski definition) is 4. The third-order valence-electron chi connectivity index (χ3n) is 4.35. The lowest BCUT2D eigenvalue weighted by molar-refractivity contribution is -0.116.